The van der Waals surface area contributed by atoms with Crippen LogP contribution in [0.4, 0.5) is 4.79 Å². The average molecular weight is 234 g/mol. The van der Waals surface area contributed by atoms with Crippen LogP contribution in [0.15, 0.2) is 24.3 Å². The van der Waals surface area contributed by atoms with Gasteiger partial charge in [-0.2, -0.15) is 0 Å². The topological polar surface area (TPSA) is 58.6 Å². The summed E-state index contributed by atoms with van der Waals surface area (Å²) in [6.07, 6.45) is 0.277. The van der Waals surface area contributed by atoms with Crippen molar-refractivity contribution >= 4 is 11.9 Å². The number of hydrogen-bond acceptors (Lipinski definition) is 3. The summed E-state index contributed by atoms with van der Waals surface area (Å²) in [6, 6.07) is 7.37. The Labute approximate surface area is 99.3 Å². The molecule has 1 N–H and O–H groups in total. The summed E-state index contributed by atoms with van der Waals surface area (Å²) in [5.41, 5.74) is 2.14. The minimum atomic E-state index is -0.492. The molecule has 5 nitrogen and oxygen atoms in total. The second-order valence-electron chi connectivity index (χ2n) is 3.97. The van der Waals surface area contributed by atoms with Gasteiger partial charge in [-0.25, -0.2) is 9.86 Å². The molecule has 0 unspecified atom stereocenters. The van der Waals surface area contributed by atoms with E-state index in [0.29, 0.717) is 13.2 Å². The molecule has 90 valence electrons. The van der Waals surface area contributed by atoms with Crippen molar-refractivity contribution in [2.75, 3.05) is 6.54 Å². The molecule has 1 fully saturated rings. The Bertz CT molecular complexity index is 445. The molecule has 5 heteroatoms. The monoisotopic (exact) mass is 234 g/mol. The molecule has 17 heavy (non-hydrogen) atoms. The maximum atomic E-state index is 11.4. The Kier molecular flexibility index (Phi) is 3.39. The van der Waals surface area contributed by atoms with Crippen LogP contribution in [0.1, 0.15) is 17.5 Å². The Morgan fingerprint density at radius 3 is 2.94 bits per heavy atom. The van der Waals surface area contributed by atoms with E-state index in [1.165, 1.54) is 5.06 Å². The minimum absolute atomic E-state index is 0.259. The zero-order valence-corrected chi connectivity index (χ0v) is 9.60. The second-order valence-corrected chi connectivity index (χ2v) is 3.97. The lowest BCUT2D eigenvalue weighted by molar-refractivity contribution is -0.147. The van der Waals surface area contributed by atoms with E-state index >= 15 is 0 Å². The van der Waals surface area contributed by atoms with Crippen LogP contribution in [0.2, 0.25) is 0 Å². The number of carbonyl (C=O) groups excluding carboxylic acids is 2. The number of nitrogens with zero attached hydrogens (tertiary/aromatic N) is 1. The van der Waals surface area contributed by atoms with E-state index in [-0.39, 0.29) is 12.3 Å². The first-order valence-electron chi connectivity index (χ1n) is 5.45. The second kappa shape index (κ2) is 4.97. The van der Waals surface area contributed by atoms with Gasteiger partial charge in [-0.3, -0.25) is 14.9 Å². The Balaban J connectivity index is 1.90. The number of carbonyl (C=O) groups is 2. The zero-order valence-electron chi connectivity index (χ0n) is 9.60. The molecule has 1 aromatic carbocycles. The van der Waals surface area contributed by atoms with E-state index in [1.54, 1.807) is 0 Å². The number of hydroxylamine groups is 2. The van der Waals surface area contributed by atoms with Crippen molar-refractivity contribution in [1.82, 2.24) is 10.4 Å². The van der Waals surface area contributed by atoms with Crippen LogP contribution in [0.3, 0.4) is 0 Å². The Morgan fingerprint density at radius 1 is 1.41 bits per heavy atom. The SMILES string of the molecule is Cc1cccc(CON2CCC(=O)NC2=O)c1. The normalized spacial score (nSPS) is 15.9. The summed E-state index contributed by atoms with van der Waals surface area (Å²) >= 11 is 0. The molecule has 1 aliphatic heterocycles. The third-order valence-electron chi connectivity index (χ3n) is 2.48. The molecule has 0 saturated carbocycles. The van der Waals surface area contributed by atoms with Gasteiger partial charge in [0.25, 0.3) is 0 Å². The highest BCUT2D eigenvalue weighted by Gasteiger charge is 2.23. The fourth-order valence-corrected chi connectivity index (χ4v) is 1.63. The van der Waals surface area contributed by atoms with E-state index in [2.05, 4.69) is 5.32 Å². The van der Waals surface area contributed by atoms with Gasteiger partial charge in [0.2, 0.25) is 5.91 Å². The molecule has 0 radical (unpaired) electrons. The number of hydrogen-bond donors (Lipinski definition) is 1. The van der Waals surface area contributed by atoms with Gasteiger partial charge in [-0.05, 0) is 12.5 Å². The standard InChI is InChI=1S/C12H14N2O3/c1-9-3-2-4-10(7-9)8-17-14-6-5-11(15)13-12(14)16/h2-4,7H,5-6,8H2,1H3,(H,13,15,16). The summed E-state index contributed by atoms with van der Waals surface area (Å²) < 4.78 is 0. The Hall–Kier alpha value is -1.88. The van der Waals surface area contributed by atoms with Crippen LogP contribution in [-0.4, -0.2) is 23.5 Å². The molecule has 1 aliphatic rings. The number of urea groups is 1. The van der Waals surface area contributed by atoms with Crippen LogP contribution < -0.4 is 5.32 Å². The molecule has 3 amide bonds. The lowest BCUT2D eigenvalue weighted by Crippen LogP contribution is -2.49. The van der Waals surface area contributed by atoms with Crippen LogP contribution in [0.25, 0.3) is 0 Å². The quantitative estimate of drug-likeness (QED) is 0.859. The zero-order chi connectivity index (χ0) is 12.3. The van der Waals surface area contributed by atoms with Crippen LogP contribution in [0, 0.1) is 6.92 Å². The first-order chi connectivity index (χ1) is 8.15. The molecular formula is C12H14N2O3. The maximum Gasteiger partial charge on any atom is 0.347 e. The van der Waals surface area contributed by atoms with Gasteiger partial charge < -0.3 is 0 Å². The third kappa shape index (κ3) is 3.04. The molecule has 2 rings (SSSR count). The molecule has 1 heterocycles. The van der Waals surface area contributed by atoms with Crippen LogP contribution in [0.5, 0.6) is 0 Å². The van der Waals surface area contributed by atoms with E-state index < -0.39 is 6.03 Å². The van der Waals surface area contributed by atoms with Crippen molar-refractivity contribution in [3.63, 3.8) is 0 Å². The maximum absolute atomic E-state index is 11.4. The largest absolute Gasteiger partial charge is 0.347 e. The van der Waals surface area contributed by atoms with Crippen molar-refractivity contribution in [2.24, 2.45) is 0 Å². The van der Waals surface area contributed by atoms with Gasteiger partial charge >= 0.3 is 6.03 Å². The first kappa shape index (κ1) is 11.6. The molecule has 0 atom stereocenters. The van der Waals surface area contributed by atoms with Crippen molar-refractivity contribution in [3.05, 3.63) is 35.4 Å². The summed E-state index contributed by atoms with van der Waals surface area (Å²) in [5, 5.41) is 3.38. The summed E-state index contributed by atoms with van der Waals surface area (Å²) in [7, 11) is 0. The lowest BCUT2D eigenvalue weighted by atomic mass is 10.1. The highest BCUT2D eigenvalue weighted by molar-refractivity contribution is 5.96. The number of aryl methyl sites for hydroxylation is 1. The summed E-state index contributed by atoms with van der Waals surface area (Å²) in [4.78, 5) is 27.6. The van der Waals surface area contributed by atoms with Crippen molar-refractivity contribution in [1.29, 1.82) is 0 Å². The molecule has 1 saturated heterocycles. The predicted molar refractivity (Wildman–Crippen MR) is 60.8 cm³/mol. The number of rotatable bonds is 3. The van der Waals surface area contributed by atoms with Crippen LogP contribution in [-0.2, 0) is 16.2 Å². The first-order valence-corrected chi connectivity index (χ1v) is 5.45. The van der Waals surface area contributed by atoms with Crippen molar-refractivity contribution in [2.45, 2.75) is 20.0 Å². The summed E-state index contributed by atoms with van der Waals surface area (Å²) in [6.45, 7) is 2.62. The fraction of sp³-hybridized carbons (Fsp3) is 0.333. The van der Waals surface area contributed by atoms with E-state index in [9.17, 15) is 9.59 Å². The molecule has 0 bridgehead atoms. The van der Waals surface area contributed by atoms with E-state index in [4.69, 9.17) is 4.84 Å². The van der Waals surface area contributed by atoms with E-state index in [1.807, 2.05) is 31.2 Å². The van der Waals surface area contributed by atoms with Gasteiger partial charge in [0, 0.05) is 6.42 Å². The number of nitrogens with one attached hydrogen (secondary N) is 1. The molecule has 0 aromatic heterocycles. The highest BCUT2D eigenvalue weighted by Crippen LogP contribution is 2.08. The number of imide groups is 1. The molecular weight excluding hydrogens is 220 g/mol. The van der Waals surface area contributed by atoms with E-state index in [0.717, 1.165) is 11.1 Å². The molecule has 0 aliphatic carbocycles. The van der Waals surface area contributed by atoms with Gasteiger partial charge in [-0.15, -0.1) is 0 Å². The minimum Gasteiger partial charge on any atom is -0.276 e. The van der Waals surface area contributed by atoms with Gasteiger partial charge in [0.15, 0.2) is 0 Å². The number of amides is 3. The third-order valence-corrected chi connectivity index (χ3v) is 2.48. The smallest absolute Gasteiger partial charge is 0.276 e. The molecule has 0 spiro atoms. The lowest BCUT2D eigenvalue weighted by Gasteiger charge is -2.25. The predicted octanol–water partition coefficient (Wildman–Crippen LogP) is 1.37. The Morgan fingerprint density at radius 2 is 2.24 bits per heavy atom. The van der Waals surface area contributed by atoms with Crippen LogP contribution >= 0.6 is 0 Å². The average Bonchev–Trinajstić information content (AvgIpc) is 2.28. The van der Waals surface area contributed by atoms with Crippen molar-refractivity contribution < 1.29 is 14.4 Å². The van der Waals surface area contributed by atoms with Crippen molar-refractivity contribution in [3.8, 4) is 0 Å². The van der Waals surface area contributed by atoms with Gasteiger partial charge in [0.05, 0.1) is 6.54 Å². The van der Waals surface area contributed by atoms with Gasteiger partial charge in [0.1, 0.15) is 6.61 Å². The summed E-state index contributed by atoms with van der Waals surface area (Å²) in [5.74, 6) is -0.259. The van der Waals surface area contributed by atoms with Gasteiger partial charge in [-0.1, -0.05) is 29.8 Å². The fourth-order valence-electron chi connectivity index (χ4n) is 1.63. The highest BCUT2D eigenvalue weighted by atomic mass is 16.7. The number of benzene rings is 1. The molecule has 1 aromatic rings.